The molecule has 0 fully saturated rings. The van der Waals surface area contributed by atoms with Crippen molar-refractivity contribution in [3.8, 4) is 0 Å². The molecule has 1 aromatic carbocycles. The van der Waals surface area contributed by atoms with Gasteiger partial charge in [-0.1, -0.05) is 41.4 Å². The molecule has 0 atom stereocenters. The fourth-order valence-corrected chi connectivity index (χ4v) is 3.88. The number of carbonyl (C=O) groups excluding carboxylic acids is 1. The molecule has 7 nitrogen and oxygen atoms in total. The average Bonchev–Trinajstić information content (AvgIpc) is 3.21. The summed E-state index contributed by atoms with van der Waals surface area (Å²) in [5.74, 6) is -0.455. The SMILES string of the molecule is Cc1cc(C(F)(F)F)c2c(C)nn(CC(=O)Nc3nn(Cc4ccccc4Cl)cc3Cl)c2n1. The summed E-state index contributed by atoms with van der Waals surface area (Å²) < 4.78 is 43.1. The first-order valence-electron chi connectivity index (χ1n) is 9.71. The maximum atomic E-state index is 13.5. The summed E-state index contributed by atoms with van der Waals surface area (Å²) in [4.78, 5) is 16.8. The Morgan fingerprint density at radius 1 is 1.12 bits per heavy atom. The van der Waals surface area contributed by atoms with E-state index in [1.807, 2.05) is 18.2 Å². The van der Waals surface area contributed by atoms with E-state index >= 15 is 0 Å². The summed E-state index contributed by atoms with van der Waals surface area (Å²) in [6.45, 7) is 2.86. The third-order valence-corrected chi connectivity index (χ3v) is 5.51. The molecule has 0 aliphatic rings. The number of hydrogen-bond acceptors (Lipinski definition) is 4. The van der Waals surface area contributed by atoms with E-state index in [0.29, 0.717) is 11.6 Å². The Hall–Kier alpha value is -3.11. The van der Waals surface area contributed by atoms with Gasteiger partial charge in [0, 0.05) is 16.9 Å². The van der Waals surface area contributed by atoms with E-state index in [-0.39, 0.29) is 39.8 Å². The Balaban J connectivity index is 1.56. The van der Waals surface area contributed by atoms with Crippen molar-refractivity contribution in [2.75, 3.05) is 5.32 Å². The topological polar surface area (TPSA) is 77.6 Å². The zero-order valence-corrected chi connectivity index (χ0v) is 18.9. The van der Waals surface area contributed by atoms with Crippen molar-refractivity contribution in [1.82, 2.24) is 24.5 Å². The van der Waals surface area contributed by atoms with Crippen LogP contribution in [-0.4, -0.2) is 30.5 Å². The Morgan fingerprint density at radius 2 is 1.85 bits per heavy atom. The first-order valence-corrected chi connectivity index (χ1v) is 10.5. The molecule has 0 saturated heterocycles. The van der Waals surface area contributed by atoms with E-state index in [2.05, 4.69) is 20.5 Å². The highest BCUT2D eigenvalue weighted by Gasteiger charge is 2.35. The van der Waals surface area contributed by atoms with Crippen LogP contribution in [0.3, 0.4) is 0 Å². The van der Waals surface area contributed by atoms with Gasteiger partial charge in [-0.2, -0.15) is 23.4 Å². The van der Waals surface area contributed by atoms with Crippen LogP contribution in [-0.2, 0) is 24.1 Å². The monoisotopic (exact) mass is 496 g/mol. The molecule has 0 radical (unpaired) electrons. The van der Waals surface area contributed by atoms with Crippen molar-refractivity contribution in [2.24, 2.45) is 0 Å². The van der Waals surface area contributed by atoms with Crippen LogP contribution in [0.25, 0.3) is 11.0 Å². The molecule has 0 unspecified atom stereocenters. The molecule has 1 N–H and O–H groups in total. The Morgan fingerprint density at radius 3 is 2.55 bits per heavy atom. The average molecular weight is 497 g/mol. The highest BCUT2D eigenvalue weighted by molar-refractivity contribution is 6.33. The van der Waals surface area contributed by atoms with Crippen LogP contribution < -0.4 is 5.32 Å². The van der Waals surface area contributed by atoms with Gasteiger partial charge in [0.25, 0.3) is 0 Å². The number of benzene rings is 1. The van der Waals surface area contributed by atoms with Crippen molar-refractivity contribution in [3.05, 3.63) is 69.1 Å². The Kier molecular flexibility index (Phi) is 6.06. The van der Waals surface area contributed by atoms with Crippen LogP contribution in [0.4, 0.5) is 19.0 Å². The standard InChI is InChI=1S/C21H17Cl2F3N6O/c1-11-7-14(21(24,25)26)18-12(2)29-32(20(18)27-11)10-17(33)28-19-16(23)9-31(30-19)8-13-5-3-4-6-15(13)22/h3-7,9H,8,10H2,1-2H3,(H,28,30,33). The third kappa shape index (κ3) is 4.81. The zero-order valence-electron chi connectivity index (χ0n) is 17.4. The largest absolute Gasteiger partial charge is 0.417 e. The number of fused-ring (bicyclic) bond motifs is 1. The lowest BCUT2D eigenvalue weighted by Crippen LogP contribution is -2.20. The van der Waals surface area contributed by atoms with Gasteiger partial charge in [-0.15, -0.1) is 0 Å². The summed E-state index contributed by atoms with van der Waals surface area (Å²) in [6.07, 6.45) is -3.04. The molecule has 172 valence electrons. The minimum Gasteiger partial charge on any atom is -0.306 e. The second kappa shape index (κ2) is 8.68. The molecule has 12 heteroatoms. The zero-order chi connectivity index (χ0) is 23.9. The molecule has 0 spiro atoms. The number of aryl methyl sites for hydroxylation is 2. The Bertz CT molecular complexity index is 1360. The first kappa shape index (κ1) is 23.1. The molecule has 0 aliphatic carbocycles. The number of hydrogen-bond donors (Lipinski definition) is 1. The molecular weight excluding hydrogens is 480 g/mol. The van der Waals surface area contributed by atoms with Gasteiger partial charge in [-0.25, -0.2) is 9.67 Å². The van der Waals surface area contributed by atoms with Gasteiger partial charge in [0.2, 0.25) is 5.91 Å². The number of carbonyl (C=O) groups is 1. The molecule has 3 aromatic heterocycles. The highest BCUT2D eigenvalue weighted by atomic mass is 35.5. The fraction of sp³-hybridized carbons (Fsp3) is 0.238. The quantitative estimate of drug-likeness (QED) is 0.408. The van der Waals surface area contributed by atoms with Gasteiger partial charge < -0.3 is 5.32 Å². The number of halogens is 5. The molecule has 3 heterocycles. The fourth-order valence-electron chi connectivity index (χ4n) is 3.48. The van der Waals surface area contributed by atoms with Gasteiger partial charge in [0.05, 0.1) is 23.2 Å². The van der Waals surface area contributed by atoms with Gasteiger partial charge >= 0.3 is 6.18 Å². The lowest BCUT2D eigenvalue weighted by molar-refractivity contribution is -0.136. The van der Waals surface area contributed by atoms with Crippen LogP contribution in [0.2, 0.25) is 10.0 Å². The summed E-state index contributed by atoms with van der Waals surface area (Å²) in [7, 11) is 0. The molecule has 0 aliphatic heterocycles. The van der Waals surface area contributed by atoms with E-state index < -0.39 is 17.6 Å². The lowest BCUT2D eigenvalue weighted by Gasteiger charge is -2.10. The number of nitrogens with zero attached hydrogens (tertiary/aromatic N) is 5. The normalized spacial score (nSPS) is 11.8. The minimum absolute atomic E-state index is 0.0229. The number of nitrogens with one attached hydrogen (secondary N) is 1. The number of alkyl halides is 3. The molecule has 4 aromatic rings. The summed E-state index contributed by atoms with van der Waals surface area (Å²) in [6, 6.07) is 8.20. The van der Waals surface area contributed by atoms with E-state index in [0.717, 1.165) is 16.3 Å². The van der Waals surface area contributed by atoms with Gasteiger partial charge in [0.1, 0.15) is 11.6 Å². The van der Waals surface area contributed by atoms with Gasteiger partial charge in [0.15, 0.2) is 11.5 Å². The number of rotatable bonds is 5. The third-order valence-electron chi connectivity index (χ3n) is 4.87. The molecule has 33 heavy (non-hydrogen) atoms. The van der Waals surface area contributed by atoms with Crippen LogP contribution >= 0.6 is 23.2 Å². The molecule has 0 bridgehead atoms. The number of anilines is 1. The molecule has 4 rings (SSSR count). The second-order valence-electron chi connectivity index (χ2n) is 7.41. The minimum atomic E-state index is -4.57. The molecule has 0 saturated carbocycles. The Labute approximate surface area is 196 Å². The predicted molar refractivity (Wildman–Crippen MR) is 118 cm³/mol. The van der Waals surface area contributed by atoms with Crippen molar-refractivity contribution >= 4 is 46.0 Å². The second-order valence-corrected chi connectivity index (χ2v) is 8.23. The highest BCUT2D eigenvalue weighted by Crippen LogP contribution is 2.36. The number of pyridine rings is 1. The van der Waals surface area contributed by atoms with Crippen LogP contribution in [0.5, 0.6) is 0 Å². The van der Waals surface area contributed by atoms with E-state index in [4.69, 9.17) is 23.2 Å². The van der Waals surface area contributed by atoms with Crippen molar-refractivity contribution in [3.63, 3.8) is 0 Å². The van der Waals surface area contributed by atoms with E-state index in [1.165, 1.54) is 24.7 Å². The van der Waals surface area contributed by atoms with Crippen molar-refractivity contribution in [1.29, 1.82) is 0 Å². The van der Waals surface area contributed by atoms with Gasteiger partial charge in [-0.05, 0) is 31.5 Å². The van der Waals surface area contributed by atoms with E-state index in [1.54, 1.807) is 6.07 Å². The van der Waals surface area contributed by atoms with E-state index in [9.17, 15) is 18.0 Å². The first-order chi connectivity index (χ1) is 15.5. The molecule has 1 amide bonds. The van der Waals surface area contributed by atoms with Gasteiger partial charge in [-0.3, -0.25) is 9.48 Å². The number of amides is 1. The van der Waals surface area contributed by atoms with Crippen molar-refractivity contribution < 1.29 is 18.0 Å². The molecular formula is C21H17Cl2F3N6O. The van der Waals surface area contributed by atoms with Crippen LogP contribution in [0.1, 0.15) is 22.5 Å². The summed E-state index contributed by atoms with van der Waals surface area (Å²) >= 11 is 12.4. The predicted octanol–water partition coefficient (Wildman–Crippen LogP) is 5.26. The maximum absolute atomic E-state index is 13.5. The lowest BCUT2D eigenvalue weighted by atomic mass is 10.1. The number of aromatic nitrogens is 5. The van der Waals surface area contributed by atoms with Crippen LogP contribution in [0, 0.1) is 13.8 Å². The summed E-state index contributed by atoms with van der Waals surface area (Å²) in [5, 5.41) is 11.6. The maximum Gasteiger partial charge on any atom is 0.417 e. The summed E-state index contributed by atoms with van der Waals surface area (Å²) in [5.41, 5.74) is 0.245. The van der Waals surface area contributed by atoms with Crippen molar-refractivity contribution in [2.45, 2.75) is 33.1 Å². The smallest absolute Gasteiger partial charge is 0.306 e. The van der Waals surface area contributed by atoms with Crippen LogP contribution in [0.15, 0.2) is 36.5 Å².